The molecule has 2 N–H and O–H groups in total. The predicted molar refractivity (Wildman–Crippen MR) is 60.0 cm³/mol. The fourth-order valence-corrected chi connectivity index (χ4v) is 1.51. The maximum atomic E-state index is 12.7. The van der Waals surface area contributed by atoms with Gasteiger partial charge in [-0.3, -0.25) is 0 Å². The zero-order valence-corrected chi connectivity index (χ0v) is 9.74. The highest BCUT2D eigenvalue weighted by Crippen LogP contribution is 2.26. The van der Waals surface area contributed by atoms with Crippen LogP contribution in [0.1, 0.15) is 40.4 Å². The van der Waals surface area contributed by atoms with Crippen LogP contribution in [0.5, 0.6) is 0 Å². The summed E-state index contributed by atoms with van der Waals surface area (Å²) in [5, 5.41) is 8.87. The zero-order valence-electron chi connectivity index (χ0n) is 9.74. The Morgan fingerprint density at radius 3 is 2.67 bits per heavy atom. The monoisotopic (exact) mass is 254 g/mol. The van der Waals surface area contributed by atoms with Crippen LogP contribution in [0.4, 0.5) is 8.78 Å². The lowest BCUT2D eigenvalue weighted by molar-refractivity contribution is 0.0525. The second kappa shape index (κ2) is 6.07. The van der Waals surface area contributed by atoms with Crippen LogP contribution in [-0.4, -0.2) is 12.6 Å². The van der Waals surface area contributed by atoms with Crippen molar-refractivity contribution in [2.45, 2.75) is 19.9 Å². The molecule has 0 saturated heterocycles. The molecule has 0 aliphatic rings. The quantitative estimate of drug-likeness (QED) is 0.835. The topological polar surface area (TPSA) is 76.1 Å². The first kappa shape index (κ1) is 14.1. The van der Waals surface area contributed by atoms with Gasteiger partial charge in [0.15, 0.2) is 0 Å². The van der Waals surface area contributed by atoms with Crippen LogP contribution in [0.15, 0.2) is 12.1 Å². The maximum absolute atomic E-state index is 12.7. The Labute approximate surface area is 103 Å². The van der Waals surface area contributed by atoms with Crippen molar-refractivity contribution in [1.29, 1.82) is 5.26 Å². The molecule has 0 atom stereocenters. The summed E-state index contributed by atoms with van der Waals surface area (Å²) in [4.78, 5) is 11.6. The summed E-state index contributed by atoms with van der Waals surface area (Å²) < 4.78 is 30.2. The molecule has 6 heteroatoms. The van der Waals surface area contributed by atoms with E-state index in [-0.39, 0.29) is 35.4 Å². The summed E-state index contributed by atoms with van der Waals surface area (Å²) in [7, 11) is 0. The van der Waals surface area contributed by atoms with E-state index in [2.05, 4.69) is 0 Å². The second-order valence-electron chi connectivity index (χ2n) is 3.43. The molecule has 0 bridgehead atoms. The number of benzene rings is 1. The molecule has 0 fully saturated rings. The van der Waals surface area contributed by atoms with Gasteiger partial charge >= 0.3 is 5.97 Å². The van der Waals surface area contributed by atoms with Gasteiger partial charge in [0.2, 0.25) is 0 Å². The molecule has 0 spiro atoms. The molecule has 0 aliphatic heterocycles. The van der Waals surface area contributed by atoms with E-state index in [9.17, 15) is 13.6 Å². The first-order valence-electron chi connectivity index (χ1n) is 5.27. The van der Waals surface area contributed by atoms with Crippen LogP contribution in [0.25, 0.3) is 0 Å². The Kier molecular flexibility index (Phi) is 4.75. The highest BCUT2D eigenvalue weighted by atomic mass is 19.3. The number of esters is 1. The smallest absolute Gasteiger partial charge is 0.339 e. The number of alkyl halides is 2. The lowest BCUT2D eigenvalue weighted by Gasteiger charge is -2.11. The number of halogens is 2. The third-order valence-electron chi connectivity index (χ3n) is 2.35. The van der Waals surface area contributed by atoms with Crippen molar-refractivity contribution in [2.24, 2.45) is 5.73 Å². The average molecular weight is 254 g/mol. The SMILES string of the molecule is CCOC(=O)c1cc(CN)c(C(F)F)cc1C#N. The molecule has 0 aromatic heterocycles. The summed E-state index contributed by atoms with van der Waals surface area (Å²) in [6.45, 7) is 1.61. The molecule has 4 nitrogen and oxygen atoms in total. The van der Waals surface area contributed by atoms with Crippen LogP contribution >= 0.6 is 0 Å². The summed E-state index contributed by atoms with van der Waals surface area (Å²) in [6.07, 6.45) is -2.74. The number of carbonyl (C=O) groups is 1. The van der Waals surface area contributed by atoms with Crippen molar-refractivity contribution < 1.29 is 18.3 Å². The fourth-order valence-electron chi connectivity index (χ4n) is 1.51. The standard InChI is InChI=1S/C12H12F2N2O2/c1-2-18-12(17)10-4-7(5-15)9(11(13)14)3-8(10)6-16/h3-4,11H,2,5,15H2,1H3. The number of nitrogens with zero attached hydrogens (tertiary/aromatic N) is 1. The zero-order chi connectivity index (χ0) is 13.7. The third kappa shape index (κ3) is 2.81. The van der Waals surface area contributed by atoms with Crippen molar-refractivity contribution in [2.75, 3.05) is 6.61 Å². The summed E-state index contributed by atoms with van der Waals surface area (Å²) in [5.41, 5.74) is 4.98. The molecule has 0 heterocycles. The van der Waals surface area contributed by atoms with E-state index >= 15 is 0 Å². The Hall–Kier alpha value is -2.00. The van der Waals surface area contributed by atoms with E-state index in [1.54, 1.807) is 13.0 Å². The molecule has 1 aromatic carbocycles. The first-order valence-corrected chi connectivity index (χ1v) is 5.27. The van der Waals surface area contributed by atoms with E-state index in [1.165, 1.54) is 6.07 Å². The van der Waals surface area contributed by atoms with Gasteiger partial charge in [0, 0.05) is 12.1 Å². The normalized spacial score (nSPS) is 10.2. The minimum atomic E-state index is -2.74. The highest BCUT2D eigenvalue weighted by Gasteiger charge is 2.20. The van der Waals surface area contributed by atoms with Crippen molar-refractivity contribution in [3.05, 3.63) is 34.4 Å². The molecule has 0 radical (unpaired) electrons. The average Bonchev–Trinajstić information content (AvgIpc) is 2.37. The summed E-state index contributed by atoms with van der Waals surface area (Å²) in [6, 6.07) is 3.88. The van der Waals surface area contributed by atoms with E-state index in [0.717, 1.165) is 6.07 Å². The summed E-state index contributed by atoms with van der Waals surface area (Å²) >= 11 is 0. The predicted octanol–water partition coefficient (Wildman–Crippen LogP) is 2.13. The molecular weight excluding hydrogens is 242 g/mol. The fraction of sp³-hybridized carbons (Fsp3) is 0.333. The molecule has 96 valence electrons. The summed E-state index contributed by atoms with van der Waals surface area (Å²) in [5.74, 6) is -0.718. The highest BCUT2D eigenvalue weighted by molar-refractivity contribution is 5.92. The second-order valence-corrected chi connectivity index (χ2v) is 3.43. The van der Waals surface area contributed by atoms with E-state index in [1.807, 2.05) is 0 Å². The van der Waals surface area contributed by atoms with Gasteiger partial charge < -0.3 is 10.5 Å². The number of nitrogens with two attached hydrogens (primary N) is 1. The minimum absolute atomic E-state index is 0.0378. The lowest BCUT2D eigenvalue weighted by atomic mass is 9.99. The molecule has 0 amide bonds. The first-order chi connectivity index (χ1) is 8.54. The number of rotatable bonds is 4. The van der Waals surface area contributed by atoms with Crippen molar-refractivity contribution in [3.8, 4) is 6.07 Å². The van der Waals surface area contributed by atoms with Crippen LogP contribution in [0.3, 0.4) is 0 Å². The van der Waals surface area contributed by atoms with Crippen LogP contribution in [0, 0.1) is 11.3 Å². The number of nitriles is 1. The van der Waals surface area contributed by atoms with E-state index < -0.39 is 12.4 Å². The van der Waals surface area contributed by atoms with Gasteiger partial charge in [-0.15, -0.1) is 0 Å². The minimum Gasteiger partial charge on any atom is -0.462 e. The number of carbonyl (C=O) groups excluding carboxylic acids is 1. The van der Waals surface area contributed by atoms with Crippen LogP contribution in [0.2, 0.25) is 0 Å². The maximum Gasteiger partial charge on any atom is 0.339 e. The van der Waals surface area contributed by atoms with Gasteiger partial charge in [0.1, 0.15) is 6.07 Å². The van der Waals surface area contributed by atoms with Gasteiger partial charge in [-0.05, 0) is 24.6 Å². The Morgan fingerprint density at radius 1 is 1.56 bits per heavy atom. The molecule has 18 heavy (non-hydrogen) atoms. The van der Waals surface area contributed by atoms with Gasteiger partial charge in [0.05, 0.1) is 17.7 Å². The Bertz CT molecular complexity index is 496. The van der Waals surface area contributed by atoms with E-state index in [0.29, 0.717) is 0 Å². The van der Waals surface area contributed by atoms with E-state index in [4.69, 9.17) is 15.7 Å². The van der Waals surface area contributed by atoms with Crippen LogP contribution < -0.4 is 5.73 Å². The molecule has 1 aromatic rings. The third-order valence-corrected chi connectivity index (χ3v) is 2.35. The van der Waals surface area contributed by atoms with Gasteiger partial charge in [-0.2, -0.15) is 5.26 Å². The van der Waals surface area contributed by atoms with Crippen molar-refractivity contribution >= 4 is 5.97 Å². The number of hydrogen-bond acceptors (Lipinski definition) is 4. The molecule has 0 aliphatic carbocycles. The number of ether oxygens (including phenoxy) is 1. The Morgan fingerprint density at radius 2 is 2.22 bits per heavy atom. The molecular formula is C12H12F2N2O2. The van der Waals surface area contributed by atoms with Crippen LogP contribution in [-0.2, 0) is 11.3 Å². The molecule has 0 unspecified atom stereocenters. The lowest BCUT2D eigenvalue weighted by Crippen LogP contribution is -2.11. The van der Waals surface area contributed by atoms with Gasteiger partial charge in [-0.25, -0.2) is 13.6 Å². The largest absolute Gasteiger partial charge is 0.462 e. The van der Waals surface area contributed by atoms with Crippen molar-refractivity contribution in [3.63, 3.8) is 0 Å². The molecule has 0 saturated carbocycles. The number of hydrogen-bond donors (Lipinski definition) is 1. The van der Waals surface area contributed by atoms with Gasteiger partial charge in [-0.1, -0.05) is 0 Å². The molecule has 1 rings (SSSR count). The van der Waals surface area contributed by atoms with Gasteiger partial charge in [0.25, 0.3) is 6.43 Å². The van der Waals surface area contributed by atoms with Crippen molar-refractivity contribution in [1.82, 2.24) is 0 Å². The Balaban J connectivity index is 3.36.